The Kier molecular flexibility index (Phi) is 37.1. The second kappa shape index (κ2) is 39.0. The van der Waals surface area contributed by atoms with Gasteiger partial charge in [0.2, 0.25) is 5.91 Å². The molecule has 10 heteroatoms. The molecule has 0 aromatic carbocycles. The third-order valence-corrected chi connectivity index (χ3v) is 12.3. The first-order chi connectivity index (χ1) is 28.3. The molecule has 10 nitrogen and oxygen atoms in total. The van der Waals surface area contributed by atoms with E-state index in [0.29, 0.717) is 6.42 Å². The number of hydrogen-bond acceptors (Lipinski definition) is 9. The number of carbonyl (C=O) groups excluding carboxylic acids is 1. The number of nitrogens with one attached hydrogen (secondary N) is 1. The highest BCUT2D eigenvalue weighted by Crippen LogP contribution is 2.23. The van der Waals surface area contributed by atoms with Gasteiger partial charge in [-0.05, 0) is 12.8 Å². The Morgan fingerprint density at radius 3 is 1.28 bits per heavy atom. The van der Waals surface area contributed by atoms with E-state index in [0.717, 1.165) is 44.9 Å². The van der Waals surface area contributed by atoms with Crippen molar-refractivity contribution in [2.45, 2.75) is 288 Å². The van der Waals surface area contributed by atoms with Crippen LogP contribution in [0.25, 0.3) is 0 Å². The van der Waals surface area contributed by atoms with E-state index in [4.69, 9.17) is 9.47 Å². The second-order valence-electron chi connectivity index (χ2n) is 17.8. The van der Waals surface area contributed by atoms with Crippen molar-refractivity contribution in [2.75, 3.05) is 13.2 Å². The van der Waals surface area contributed by atoms with Gasteiger partial charge in [0.25, 0.3) is 0 Å². The molecule has 346 valence electrons. The molecule has 7 N–H and O–H groups in total. The number of unbranched alkanes of at least 4 members (excludes halogenated alkanes) is 31. The predicted octanol–water partition coefficient (Wildman–Crippen LogP) is 9.70. The Morgan fingerprint density at radius 2 is 0.897 bits per heavy atom. The van der Waals surface area contributed by atoms with Crippen molar-refractivity contribution in [3.63, 3.8) is 0 Å². The number of rotatable bonds is 42. The van der Waals surface area contributed by atoms with Crippen LogP contribution >= 0.6 is 0 Å². The quantitative estimate of drug-likeness (QED) is 0.0296. The third kappa shape index (κ3) is 28.6. The van der Waals surface area contributed by atoms with Gasteiger partial charge in [0.1, 0.15) is 30.5 Å². The minimum atomic E-state index is -1.60. The van der Waals surface area contributed by atoms with Gasteiger partial charge in [-0.3, -0.25) is 4.79 Å². The van der Waals surface area contributed by atoms with E-state index in [9.17, 15) is 35.4 Å². The summed E-state index contributed by atoms with van der Waals surface area (Å²) in [5.41, 5.74) is 0. The van der Waals surface area contributed by atoms with E-state index in [1.165, 1.54) is 167 Å². The molecule has 8 atom stereocenters. The SMILES string of the molecule is CCCCCCCCCCCCCCCCCCCCCCCCC(=O)N[C@@H](CO[C@@H]1O[C@H](CO)[C@@H](O)C(O)C1O)[C@H](O)[C@H](O)CCCCCCCCCCCCC. The largest absolute Gasteiger partial charge is 0.394 e. The lowest BCUT2D eigenvalue weighted by Gasteiger charge is -2.40. The maximum absolute atomic E-state index is 13.0. The number of amides is 1. The van der Waals surface area contributed by atoms with Crippen molar-refractivity contribution in [3.8, 4) is 0 Å². The summed E-state index contributed by atoms with van der Waals surface area (Å²) in [6, 6.07) is -0.984. The molecular formula is C48H95NO9. The maximum atomic E-state index is 13.0. The number of carbonyl (C=O) groups is 1. The molecule has 1 rings (SSSR count). The third-order valence-electron chi connectivity index (χ3n) is 12.3. The van der Waals surface area contributed by atoms with Crippen LogP contribution in [-0.2, 0) is 14.3 Å². The van der Waals surface area contributed by atoms with Crippen molar-refractivity contribution in [2.24, 2.45) is 0 Å². The average Bonchev–Trinajstić information content (AvgIpc) is 3.22. The van der Waals surface area contributed by atoms with Gasteiger partial charge < -0.3 is 45.4 Å². The summed E-state index contributed by atoms with van der Waals surface area (Å²) in [7, 11) is 0. The molecule has 1 aliphatic rings. The van der Waals surface area contributed by atoms with E-state index >= 15 is 0 Å². The highest BCUT2D eigenvalue weighted by molar-refractivity contribution is 5.76. The van der Waals surface area contributed by atoms with Gasteiger partial charge in [0.05, 0.1) is 25.4 Å². The van der Waals surface area contributed by atoms with Gasteiger partial charge in [0, 0.05) is 6.42 Å². The van der Waals surface area contributed by atoms with Crippen LogP contribution in [0.5, 0.6) is 0 Å². The maximum Gasteiger partial charge on any atom is 0.220 e. The fourth-order valence-corrected chi connectivity index (χ4v) is 8.26. The van der Waals surface area contributed by atoms with E-state index in [1.54, 1.807) is 0 Å². The van der Waals surface area contributed by atoms with Gasteiger partial charge in [-0.25, -0.2) is 0 Å². The van der Waals surface area contributed by atoms with Gasteiger partial charge in [-0.1, -0.05) is 219 Å². The summed E-state index contributed by atoms with van der Waals surface area (Å²) in [5.74, 6) is -0.253. The second-order valence-corrected chi connectivity index (χ2v) is 17.8. The normalized spacial score (nSPS) is 21.3. The van der Waals surface area contributed by atoms with E-state index in [-0.39, 0.29) is 18.9 Å². The molecule has 1 fully saturated rings. The summed E-state index contributed by atoms with van der Waals surface area (Å²) in [5, 5.41) is 65.2. The van der Waals surface area contributed by atoms with Gasteiger partial charge in [-0.15, -0.1) is 0 Å². The molecule has 1 aliphatic heterocycles. The molecule has 0 radical (unpaired) electrons. The van der Waals surface area contributed by atoms with E-state index < -0.39 is 55.6 Å². The van der Waals surface area contributed by atoms with Crippen LogP contribution in [0.3, 0.4) is 0 Å². The average molecular weight is 830 g/mol. The molecule has 0 aromatic rings. The predicted molar refractivity (Wildman–Crippen MR) is 237 cm³/mol. The summed E-state index contributed by atoms with van der Waals surface area (Å²) >= 11 is 0. The van der Waals surface area contributed by atoms with Gasteiger partial charge in [0.15, 0.2) is 6.29 Å². The molecule has 0 bridgehead atoms. The molecule has 0 aliphatic carbocycles. The first kappa shape index (κ1) is 55.2. The van der Waals surface area contributed by atoms with Gasteiger partial charge >= 0.3 is 0 Å². The number of aliphatic hydroxyl groups excluding tert-OH is 6. The molecule has 1 amide bonds. The fraction of sp³-hybridized carbons (Fsp3) is 0.979. The molecule has 1 saturated heterocycles. The monoisotopic (exact) mass is 830 g/mol. The van der Waals surface area contributed by atoms with E-state index in [2.05, 4.69) is 19.2 Å². The first-order valence-electron chi connectivity index (χ1n) is 24.8. The summed E-state index contributed by atoms with van der Waals surface area (Å²) in [4.78, 5) is 13.0. The topological polar surface area (TPSA) is 169 Å². The Morgan fingerprint density at radius 1 is 0.534 bits per heavy atom. The van der Waals surface area contributed by atoms with Crippen molar-refractivity contribution < 1.29 is 44.9 Å². The minimum absolute atomic E-state index is 0.253. The highest BCUT2D eigenvalue weighted by Gasteiger charge is 2.44. The van der Waals surface area contributed by atoms with E-state index in [1.807, 2.05) is 0 Å². The van der Waals surface area contributed by atoms with Gasteiger partial charge in [-0.2, -0.15) is 0 Å². The highest BCUT2D eigenvalue weighted by atomic mass is 16.7. The number of hydrogen-bond donors (Lipinski definition) is 7. The van der Waals surface area contributed by atoms with Crippen molar-refractivity contribution >= 4 is 5.91 Å². The Labute approximate surface area is 356 Å². The van der Waals surface area contributed by atoms with Crippen LogP contribution in [0.15, 0.2) is 0 Å². The summed E-state index contributed by atoms with van der Waals surface area (Å²) < 4.78 is 11.2. The molecule has 0 saturated carbocycles. The minimum Gasteiger partial charge on any atom is -0.394 e. The lowest BCUT2D eigenvalue weighted by molar-refractivity contribution is -0.303. The van der Waals surface area contributed by atoms with Crippen LogP contribution in [0.4, 0.5) is 0 Å². The summed E-state index contributed by atoms with van der Waals surface area (Å²) in [6.45, 7) is 3.62. The van der Waals surface area contributed by atoms with Crippen molar-refractivity contribution in [1.82, 2.24) is 5.32 Å². The zero-order valence-corrected chi connectivity index (χ0v) is 37.7. The molecule has 0 spiro atoms. The first-order valence-corrected chi connectivity index (χ1v) is 24.8. The summed E-state index contributed by atoms with van der Waals surface area (Å²) in [6.07, 6.45) is 32.6. The zero-order valence-electron chi connectivity index (χ0n) is 37.7. The lowest BCUT2D eigenvalue weighted by atomic mass is 9.98. The Bertz CT molecular complexity index is 895. The fourth-order valence-electron chi connectivity index (χ4n) is 8.26. The smallest absolute Gasteiger partial charge is 0.220 e. The zero-order chi connectivity index (χ0) is 42.5. The molecule has 1 heterocycles. The number of aliphatic hydroxyl groups is 6. The molecular weight excluding hydrogens is 735 g/mol. The number of ether oxygens (including phenoxy) is 2. The Balaban J connectivity index is 2.28. The van der Waals surface area contributed by atoms with Crippen LogP contribution in [0, 0.1) is 0 Å². The molecule has 2 unspecified atom stereocenters. The van der Waals surface area contributed by atoms with Crippen molar-refractivity contribution in [3.05, 3.63) is 0 Å². The van der Waals surface area contributed by atoms with Crippen LogP contribution in [0.1, 0.15) is 239 Å². The van der Waals surface area contributed by atoms with Crippen molar-refractivity contribution in [1.29, 1.82) is 0 Å². The molecule has 0 aromatic heterocycles. The molecule has 58 heavy (non-hydrogen) atoms. The lowest BCUT2D eigenvalue weighted by Crippen LogP contribution is -2.60. The standard InChI is InChI=1S/C48H95NO9/c1-3-5-7-9-11-13-15-16-17-18-19-20-21-22-23-24-25-27-29-31-33-35-37-43(52)49-40(39-57-48-47(56)46(55)45(54)42(38-50)58-48)44(53)41(51)36-34-32-30-28-26-14-12-10-8-6-4-2/h40-42,44-48,50-51,53-56H,3-39H2,1-2H3,(H,49,52)/t40-,41+,42+,44-,45+,46?,47?,48+/m0/s1. The van der Waals surface area contributed by atoms with Crippen LogP contribution in [-0.4, -0.2) is 98.7 Å². The van der Waals surface area contributed by atoms with Crippen LogP contribution < -0.4 is 5.32 Å². The Hall–Kier alpha value is -0.850. The van der Waals surface area contributed by atoms with Crippen LogP contribution in [0.2, 0.25) is 0 Å².